The minimum atomic E-state index is -0.0695. The van der Waals surface area contributed by atoms with E-state index in [1.165, 1.54) is 0 Å². The maximum absolute atomic E-state index is 11.5. The number of aryl methyl sites for hydroxylation is 1. The first kappa shape index (κ1) is 8.31. The first-order valence-corrected chi connectivity index (χ1v) is 4.45. The largest absolute Gasteiger partial charge is 0.309 e. The highest BCUT2D eigenvalue weighted by molar-refractivity contribution is 5.89. The predicted octanol–water partition coefficient (Wildman–Crippen LogP) is 0.0924. The van der Waals surface area contributed by atoms with E-state index in [9.17, 15) is 4.79 Å². The first-order valence-electron chi connectivity index (χ1n) is 4.45. The Morgan fingerprint density at radius 3 is 3.31 bits per heavy atom. The minimum Gasteiger partial charge on any atom is -0.309 e. The van der Waals surface area contributed by atoms with Gasteiger partial charge in [-0.15, -0.1) is 0 Å². The summed E-state index contributed by atoms with van der Waals surface area (Å²) in [5.74, 6) is 0.0393. The Bertz CT molecular complexity index is 318. The molecule has 70 valence electrons. The summed E-state index contributed by atoms with van der Waals surface area (Å²) in [6, 6.07) is 3.90. The molecule has 13 heavy (non-hydrogen) atoms. The number of hydrogen-bond donors (Lipinski definition) is 2. The molecule has 1 aromatic heterocycles. The highest BCUT2D eigenvalue weighted by Gasteiger charge is 2.20. The molecule has 1 aliphatic rings. The van der Waals surface area contributed by atoms with Gasteiger partial charge in [0.1, 0.15) is 0 Å². The van der Waals surface area contributed by atoms with E-state index in [2.05, 4.69) is 10.7 Å². The zero-order chi connectivity index (χ0) is 9.26. The third kappa shape index (κ3) is 1.45. The standard InChI is InChI=1S/C9H13N3O/c1-10-8-5-4-7-3-2-6-12(7)11-9(8)13/h2-3,6,8,10H,4-5H2,1H3,(H,11,13). The van der Waals surface area contributed by atoms with Gasteiger partial charge in [0.25, 0.3) is 5.91 Å². The Labute approximate surface area is 76.9 Å². The molecule has 1 unspecified atom stereocenters. The summed E-state index contributed by atoms with van der Waals surface area (Å²) in [7, 11) is 1.81. The van der Waals surface area contributed by atoms with Crippen LogP contribution < -0.4 is 10.7 Å². The Morgan fingerprint density at radius 1 is 1.69 bits per heavy atom. The van der Waals surface area contributed by atoms with Gasteiger partial charge in [0.05, 0.1) is 6.04 Å². The van der Waals surface area contributed by atoms with E-state index in [1.807, 2.05) is 25.4 Å². The van der Waals surface area contributed by atoms with E-state index < -0.39 is 0 Å². The fourth-order valence-corrected chi connectivity index (χ4v) is 1.62. The molecule has 0 saturated heterocycles. The number of fused-ring (bicyclic) bond motifs is 1. The van der Waals surface area contributed by atoms with Crippen LogP contribution in [0.25, 0.3) is 0 Å². The summed E-state index contributed by atoms with van der Waals surface area (Å²) in [5, 5.41) is 2.99. The van der Waals surface area contributed by atoms with Gasteiger partial charge >= 0.3 is 0 Å². The van der Waals surface area contributed by atoms with E-state index in [0.29, 0.717) is 0 Å². The number of carbonyl (C=O) groups is 1. The van der Waals surface area contributed by atoms with Crippen molar-refractivity contribution in [3.8, 4) is 0 Å². The van der Waals surface area contributed by atoms with Crippen molar-refractivity contribution >= 4 is 5.91 Å². The summed E-state index contributed by atoms with van der Waals surface area (Å²) < 4.78 is 1.79. The fourth-order valence-electron chi connectivity index (χ4n) is 1.62. The van der Waals surface area contributed by atoms with Crippen molar-refractivity contribution < 1.29 is 4.79 Å². The van der Waals surface area contributed by atoms with E-state index in [4.69, 9.17) is 0 Å². The van der Waals surface area contributed by atoms with Crippen molar-refractivity contribution in [2.24, 2.45) is 0 Å². The Hall–Kier alpha value is -1.29. The van der Waals surface area contributed by atoms with Gasteiger partial charge < -0.3 is 5.32 Å². The van der Waals surface area contributed by atoms with E-state index in [0.717, 1.165) is 18.5 Å². The third-order valence-electron chi connectivity index (χ3n) is 2.42. The van der Waals surface area contributed by atoms with Gasteiger partial charge in [0.2, 0.25) is 0 Å². The van der Waals surface area contributed by atoms with Gasteiger partial charge in [-0.2, -0.15) is 0 Å². The van der Waals surface area contributed by atoms with E-state index in [-0.39, 0.29) is 11.9 Å². The Morgan fingerprint density at radius 2 is 2.54 bits per heavy atom. The maximum atomic E-state index is 11.5. The number of aromatic nitrogens is 1. The summed E-state index contributed by atoms with van der Waals surface area (Å²) >= 11 is 0. The van der Waals surface area contributed by atoms with Gasteiger partial charge in [-0.05, 0) is 32.0 Å². The van der Waals surface area contributed by atoms with Crippen molar-refractivity contribution in [3.05, 3.63) is 24.0 Å². The molecule has 0 radical (unpaired) electrons. The Balaban J connectivity index is 2.23. The lowest BCUT2D eigenvalue weighted by Crippen LogP contribution is -2.39. The molecule has 4 heteroatoms. The second kappa shape index (κ2) is 3.22. The average molecular weight is 179 g/mol. The monoisotopic (exact) mass is 179 g/mol. The van der Waals surface area contributed by atoms with Crippen molar-refractivity contribution in [1.29, 1.82) is 0 Å². The molecule has 0 spiro atoms. The zero-order valence-electron chi connectivity index (χ0n) is 7.58. The number of amides is 1. The molecule has 0 aromatic carbocycles. The predicted molar refractivity (Wildman–Crippen MR) is 50.0 cm³/mol. The lowest BCUT2D eigenvalue weighted by molar-refractivity contribution is -0.118. The van der Waals surface area contributed by atoms with Crippen molar-refractivity contribution in [3.63, 3.8) is 0 Å². The van der Waals surface area contributed by atoms with Gasteiger partial charge in [0, 0.05) is 11.9 Å². The van der Waals surface area contributed by atoms with Crippen LogP contribution >= 0.6 is 0 Å². The molecule has 1 aromatic rings. The molecule has 1 amide bonds. The van der Waals surface area contributed by atoms with E-state index >= 15 is 0 Å². The molecule has 2 N–H and O–H groups in total. The van der Waals surface area contributed by atoms with Gasteiger partial charge in [-0.25, -0.2) is 0 Å². The number of likely N-dealkylation sites (N-methyl/N-ethyl adjacent to an activating group) is 1. The quantitative estimate of drug-likeness (QED) is 0.642. The number of carbonyl (C=O) groups excluding carboxylic acids is 1. The highest BCUT2D eigenvalue weighted by Crippen LogP contribution is 2.10. The topological polar surface area (TPSA) is 46.1 Å². The number of nitrogens with one attached hydrogen (secondary N) is 2. The molecule has 0 fully saturated rings. The minimum absolute atomic E-state index is 0.0393. The molecule has 2 heterocycles. The smallest absolute Gasteiger partial charge is 0.255 e. The van der Waals surface area contributed by atoms with Crippen LogP contribution in [0.4, 0.5) is 0 Å². The fraction of sp³-hybridized carbons (Fsp3) is 0.444. The summed E-state index contributed by atoms with van der Waals surface area (Å²) in [6.07, 6.45) is 3.65. The molecular formula is C9H13N3O. The third-order valence-corrected chi connectivity index (χ3v) is 2.42. The van der Waals surface area contributed by atoms with Gasteiger partial charge in [0.15, 0.2) is 0 Å². The van der Waals surface area contributed by atoms with Crippen LogP contribution in [0.5, 0.6) is 0 Å². The van der Waals surface area contributed by atoms with Crippen molar-refractivity contribution in [1.82, 2.24) is 9.99 Å². The van der Waals surface area contributed by atoms with Gasteiger partial charge in [-0.3, -0.25) is 14.9 Å². The first-order chi connectivity index (χ1) is 6.31. The van der Waals surface area contributed by atoms with E-state index in [1.54, 1.807) is 4.68 Å². The maximum Gasteiger partial charge on any atom is 0.255 e. The van der Waals surface area contributed by atoms with Crippen molar-refractivity contribution in [2.75, 3.05) is 12.5 Å². The van der Waals surface area contributed by atoms with Crippen LogP contribution in [0.15, 0.2) is 18.3 Å². The second-order valence-electron chi connectivity index (χ2n) is 3.23. The van der Waals surface area contributed by atoms with Crippen molar-refractivity contribution in [2.45, 2.75) is 18.9 Å². The lowest BCUT2D eigenvalue weighted by Gasteiger charge is -2.11. The summed E-state index contributed by atoms with van der Waals surface area (Å²) in [6.45, 7) is 0. The van der Waals surface area contributed by atoms with Crippen LogP contribution in [-0.2, 0) is 11.2 Å². The Kier molecular flexibility index (Phi) is 2.06. The second-order valence-corrected chi connectivity index (χ2v) is 3.23. The average Bonchev–Trinajstić information content (AvgIpc) is 2.48. The van der Waals surface area contributed by atoms with Crippen LogP contribution in [0.1, 0.15) is 12.1 Å². The molecule has 1 atom stereocenters. The molecule has 2 rings (SSSR count). The number of hydrogen-bond acceptors (Lipinski definition) is 2. The number of rotatable bonds is 1. The van der Waals surface area contributed by atoms with Gasteiger partial charge in [-0.1, -0.05) is 0 Å². The molecule has 0 aliphatic carbocycles. The molecular weight excluding hydrogens is 166 g/mol. The van der Waals surface area contributed by atoms with Crippen LogP contribution in [-0.4, -0.2) is 23.7 Å². The lowest BCUT2D eigenvalue weighted by atomic mass is 10.1. The molecule has 4 nitrogen and oxygen atoms in total. The van der Waals surface area contributed by atoms with Crippen LogP contribution in [0, 0.1) is 0 Å². The molecule has 0 bridgehead atoms. The summed E-state index contributed by atoms with van der Waals surface area (Å²) in [4.78, 5) is 11.5. The molecule has 0 saturated carbocycles. The van der Waals surface area contributed by atoms with Crippen LogP contribution in [0.2, 0.25) is 0 Å². The zero-order valence-corrected chi connectivity index (χ0v) is 7.58. The summed E-state index contributed by atoms with van der Waals surface area (Å²) in [5.41, 5.74) is 3.98. The molecule has 1 aliphatic heterocycles. The van der Waals surface area contributed by atoms with Crippen LogP contribution in [0.3, 0.4) is 0 Å². The SMILES string of the molecule is CNC1CCc2cccn2NC1=O. The number of nitrogens with zero attached hydrogens (tertiary/aromatic N) is 1. The normalized spacial score (nSPS) is 21.9. The highest BCUT2D eigenvalue weighted by atomic mass is 16.2.